The largest absolute Gasteiger partial charge is 0.373 e. The van der Waals surface area contributed by atoms with Gasteiger partial charge in [-0.05, 0) is 44.4 Å². The zero-order valence-corrected chi connectivity index (χ0v) is 11.9. The van der Waals surface area contributed by atoms with Crippen molar-refractivity contribution in [1.29, 1.82) is 0 Å². The second-order valence-electron chi connectivity index (χ2n) is 5.71. The van der Waals surface area contributed by atoms with E-state index in [1.807, 2.05) is 0 Å². The van der Waals surface area contributed by atoms with Gasteiger partial charge in [-0.15, -0.1) is 0 Å². The predicted molar refractivity (Wildman–Crippen MR) is 78.9 cm³/mol. The lowest BCUT2D eigenvalue weighted by atomic mass is 9.97. The third kappa shape index (κ3) is 2.77. The lowest BCUT2D eigenvalue weighted by molar-refractivity contribution is 0.0896. The summed E-state index contributed by atoms with van der Waals surface area (Å²) in [4.78, 5) is 19.0. The van der Waals surface area contributed by atoms with E-state index in [1.165, 1.54) is 19.4 Å². The van der Waals surface area contributed by atoms with E-state index in [0.29, 0.717) is 17.6 Å². The molecule has 2 unspecified atom stereocenters. The normalized spacial score (nSPS) is 26.1. The first-order chi connectivity index (χ1) is 9.76. The van der Waals surface area contributed by atoms with Crippen LogP contribution in [-0.2, 0) is 0 Å². The number of aromatic nitrogens is 1. The maximum absolute atomic E-state index is 12.3. The molecule has 0 saturated carbocycles. The van der Waals surface area contributed by atoms with Gasteiger partial charge in [0.05, 0.1) is 0 Å². The molecule has 108 valence electrons. The van der Waals surface area contributed by atoms with Crippen molar-refractivity contribution in [3.63, 3.8) is 0 Å². The van der Waals surface area contributed by atoms with Gasteiger partial charge >= 0.3 is 0 Å². The molecule has 2 saturated heterocycles. The molecule has 20 heavy (non-hydrogen) atoms. The molecule has 0 spiro atoms. The molecule has 1 aromatic heterocycles. The first kappa shape index (κ1) is 13.4. The number of pyridine rings is 1. The van der Waals surface area contributed by atoms with Crippen molar-refractivity contribution in [3.05, 3.63) is 23.9 Å². The summed E-state index contributed by atoms with van der Waals surface area (Å²) in [6.45, 7) is 2.36. The van der Waals surface area contributed by atoms with Crippen molar-refractivity contribution in [3.8, 4) is 0 Å². The van der Waals surface area contributed by atoms with Gasteiger partial charge in [-0.3, -0.25) is 4.79 Å². The first-order valence-electron chi connectivity index (χ1n) is 7.45. The molecule has 0 aliphatic carbocycles. The van der Waals surface area contributed by atoms with E-state index in [1.54, 1.807) is 25.4 Å². The van der Waals surface area contributed by atoms with Gasteiger partial charge in [-0.2, -0.15) is 0 Å². The number of fused-ring (bicyclic) bond motifs is 1. The van der Waals surface area contributed by atoms with Crippen LogP contribution in [0.25, 0.3) is 0 Å². The van der Waals surface area contributed by atoms with Crippen LogP contribution in [0.5, 0.6) is 0 Å². The number of carbonyl (C=O) groups excluding carboxylic acids is 1. The van der Waals surface area contributed by atoms with Gasteiger partial charge in [0.2, 0.25) is 0 Å². The number of amides is 1. The summed E-state index contributed by atoms with van der Waals surface area (Å²) in [5.74, 6) is 0.739. The average Bonchev–Trinajstić information content (AvgIpc) is 2.95. The Morgan fingerprint density at radius 3 is 3.15 bits per heavy atom. The minimum absolute atomic E-state index is 0.0142. The van der Waals surface area contributed by atoms with Crippen LogP contribution < -0.4 is 10.6 Å². The van der Waals surface area contributed by atoms with Gasteiger partial charge in [-0.1, -0.05) is 0 Å². The standard InChI is InChI=1S/C15H22N4O/c1-16-14-9-11(4-6-17-14)15(20)18-12-5-8-19-7-2-3-13(19)10-12/h4,6,9,12-13H,2-3,5,7-8,10H2,1H3,(H,16,17)(H,18,20). The molecule has 0 radical (unpaired) electrons. The van der Waals surface area contributed by atoms with E-state index >= 15 is 0 Å². The highest BCUT2D eigenvalue weighted by atomic mass is 16.1. The zero-order valence-electron chi connectivity index (χ0n) is 11.9. The van der Waals surface area contributed by atoms with Gasteiger partial charge in [0.25, 0.3) is 5.91 Å². The molecule has 5 heteroatoms. The Labute approximate surface area is 119 Å². The molecule has 2 aliphatic heterocycles. The first-order valence-corrected chi connectivity index (χ1v) is 7.45. The van der Waals surface area contributed by atoms with Crippen LogP contribution in [-0.4, -0.2) is 48.0 Å². The molecule has 2 atom stereocenters. The van der Waals surface area contributed by atoms with E-state index in [0.717, 1.165) is 25.2 Å². The molecule has 2 aliphatic rings. The van der Waals surface area contributed by atoms with Crippen molar-refractivity contribution >= 4 is 11.7 Å². The Hall–Kier alpha value is -1.62. The smallest absolute Gasteiger partial charge is 0.251 e. The molecular weight excluding hydrogens is 252 g/mol. The molecule has 0 aromatic carbocycles. The number of rotatable bonds is 3. The summed E-state index contributed by atoms with van der Waals surface area (Å²) in [5.41, 5.74) is 0.679. The molecule has 1 amide bonds. The fourth-order valence-electron chi connectivity index (χ4n) is 3.33. The van der Waals surface area contributed by atoms with E-state index in [2.05, 4.69) is 20.5 Å². The van der Waals surface area contributed by atoms with Gasteiger partial charge in [-0.25, -0.2) is 4.98 Å². The molecule has 5 nitrogen and oxygen atoms in total. The summed E-state index contributed by atoms with van der Waals surface area (Å²) < 4.78 is 0. The van der Waals surface area contributed by atoms with Gasteiger partial charge in [0, 0.05) is 37.4 Å². The molecular formula is C15H22N4O. The molecule has 2 N–H and O–H groups in total. The number of nitrogens with one attached hydrogen (secondary N) is 2. The van der Waals surface area contributed by atoms with E-state index in [9.17, 15) is 4.79 Å². The molecule has 2 fully saturated rings. The SMILES string of the molecule is CNc1cc(C(=O)NC2CCN3CCCC3C2)ccn1. The summed E-state index contributed by atoms with van der Waals surface area (Å²) in [5, 5.41) is 6.14. The molecule has 0 bridgehead atoms. The number of nitrogens with zero attached hydrogens (tertiary/aromatic N) is 2. The number of carbonyl (C=O) groups is 1. The minimum Gasteiger partial charge on any atom is -0.373 e. The third-order valence-corrected chi connectivity index (χ3v) is 4.43. The van der Waals surface area contributed by atoms with Crippen LogP contribution in [0.3, 0.4) is 0 Å². The van der Waals surface area contributed by atoms with Crippen LogP contribution in [0.2, 0.25) is 0 Å². The Balaban J connectivity index is 1.61. The Morgan fingerprint density at radius 1 is 1.40 bits per heavy atom. The lowest BCUT2D eigenvalue weighted by Crippen LogP contribution is -2.47. The second kappa shape index (κ2) is 5.79. The fourth-order valence-corrected chi connectivity index (χ4v) is 3.33. The highest BCUT2D eigenvalue weighted by molar-refractivity contribution is 5.95. The maximum Gasteiger partial charge on any atom is 0.251 e. The second-order valence-corrected chi connectivity index (χ2v) is 5.71. The topological polar surface area (TPSA) is 57.3 Å². The Kier molecular flexibility index (Phi) is 3.87. The molecule has 1 aromatic rings. The zero-order chi connectivity index (χ0) is 13.9. The van der Waals surface area contributed by atoms with Crippen LogP contribution in [0, 0.1) is 0 Å². The molecule has 3 heterocycles. The van der Waals surface area contributed by atoms with Crippen LogP contribution in [0.1, 0.15) is 36.0 Å². The molecule has 3 rings (SSSR count). The van der Waals surface area contributed by atoms with Crippen molar-refractivity contribution in [2.75, 3.05) is 25.5 Å². The average molecular weight is 274 g/mol. The Morgan fingerprint density at radius 2 is 2.30 bits per heavy atom. The minimum atomic E-state index is 0.0142. The quantitative estimate of drug-likeness (QED) is 0.876. The van der Waals surface area contributed by atoms with Crippen molar-refractivity contribution in [2.24, 2.45) is 0 Å². The van der Waals surface area contributed by atoms with Crippen molar-refractivity contribution in [2.45, 2.75) is 37.8 Å². The predicted octanol–water partition coefficient (Wildman–Crippen LogP) is 1.48. The maximum atomic E-state index is 12.3. The van der Waals surface area contributed by atoms with Crippen LogP contribution >= 0.6 is 0 Å². The summed E-state index contributed by atoms with van der Waals surface area (Å²) >= 11 is 0. The van der Waals surface area contributed by atoms with Crippen molar-refractivity contribution in [1.82, 2.24) is 15.2 Å². The monoisotopic (exact) mass is 274 g/mol. The summed E-state index contributed by atoms with van der Waals surface area (Å²) in [6, 6.07) is 4.55. The number of hydrogen-bond donors (Lipinski definition) is 2. The van der Waals surface area contributed by atoms with Gasteiger partial charge < -0.3 is 15.5 Å². The van der Waals surface area contributed by atoms with E-state index in [4.69, 9.17) is 0 Å². The van der Waals surface area contributed by atoms with Crippen molar-refractivity contribution < 1.29 is 4.79 Å². The van der Waals surface area contributed by atoms with E-state index in [-0.39, 0.29) is 5.91 Å². The Bertz CT molecular complexity index is 491. The number of piperidine rings is 1. The third-order valence-electron chi connectivity index (χ3n) is 4.43. The van der Waals surface area contributed by atoms with Crippen LogP contribution in [0.4, 0.5) is 5.82 Å². The van der Waals surface area contributed by atoms with Gasteiger partial charge in [0.15, 0.2) is 0 Å². The van der Waals surface area contributed by atoms with E-state index < -0.39 is 0 Å². The summed E-state index contributed by atoms with van der Waals surface area (Å²) in [6.07, 6.45) is 6.41. The van der Waals surface area contributed by atoms with Gasteiger partial charge in [0.1, 0.15) is 5.82 Å². The summed E-state index contributed by atoms with van der Waals surface area (Å²) in [7, 11) is 1.81. The van der Waals surface area contributed by atoms with Crippen LogP contribution in [0.15, 0.2) is 18.3 Å². The number of anilines is 1. The fraction of sp³-hybridized carbons (Fsp3) is 0.600. The lowest BCUT2D eigenvalue weighted by Gasteiger charge is -2.35. The number of hydrogen-bond acceptors (Lipinski definition) is 4. The highest BCUT2D eigenvalue weighted by Gasteiger charge is 2.32. The highest BCUT2D eigenvalue weighted by Crippen LogP contribution is 2.26.